The van der Waals surface area contributed by atoms with E-state index in [0.29, 0.717) is 5.56 Å². The molecule has 0 fully saturated rings. The molecule has 2 heteroatoms. The van der Waals surface area contributed by atoms with Crippen LogP contribution in [0.4, 0.5) is 4.39 Å². The van der Waals surface area contributed by atoms with Crippen LogP contribution in [0.2, 0.25) is 0 Å². The summed E-state index contributed by atoms with van der Waals surface area (Å²) < 4.78 is 19.0. The highest BCUT2D eigenvalue weighted by atomic mass is 19.1. The Balaban J connectivity index is 2.10. The van der Waals surface area contributed by atoms with Gasteiger partial charge in [0.15, 0.2) is 0 Å². The van der Waals surface area contributed by atoms with E-state index in [4.69, 9.17) is 4.74 Å². The lowest BCUT2D eigenvalue weighted by Gasteiger charge is -2.08. The van der Waals surface area contributed by atoms with Crippen LogP contribution in [0.3, 0.4) is 0 Å². The quantitative estimate of drug-likeness (QED) is 0.773. The lowest BCUT2D eigenvalue weighted by Crippen LogP contribution is -1.98. The van der Waals surface area contributed by atoms with Crippen LogP contribution in [-0.2, 0) is 6.61 Å². The molecule has 2 aromatic rings. The molecule has 0 aliphatic heterocycles. The van der Waals surface area contributed by atoms with E-state index in [0.717, 1.165) is 16.9 Å². The van der Waals surface area contributed by atoms with Crippen LogP contribution in [0.25, 0.3) is 0 Å². The average molecular weight is 230 g/mol. The van der Waals surface area contributed by atoms with E-state index in [1.807, 2.05) is 32.0 Å². The van der Waals surface area contributed by atoms with Gasteiger partial charge in [0.05, 0.1) is 0 Å². The number of ether oxygens (including phenoxy) is 1. The van der Waals surface area contributed by atoms with Crippen LogP contribution in [-0.4, -0.2) is 0 Å². The van der Waals surface area contributed by atoms with Gasteiger partial charge < -0.3 is 4.74 Å². The molecule has 88 valence electrons. The van der Waals surface area contributed by atoms with E-state index < -0.39 is 0 Å². The molecule has 0 spiro atoms. The van der Waals surface area contributed by atoms with Crippen molar-refractivity contribution in [3.63, 3.8) is 0 Å². The Kier molecular flexibility index (Phi) is 3.43. The zero-order valence-corrected chi connectivity index (χ0v) is 10.0. The van der Waals surface area contributed by atoms with E-state index in [-0.39, 0.29) is 12.4 Å². The summed E-state index contributed by atoms with van der Waals surface area (Å²) in [6.07, 6.45) is 0. The minimum atomic E-state index is -0.225. The molecule has 0 amide bonds. The molecule has 0 saturated heterocycles. The number of rotatable bonds is 3. The molecule has 0 N–H and O–H groups in total. The third-order valence-corrected chi connectivity index (χ3v) is 2.55. The van der Waals surface area contributed by atoms with Gasteiger partial charge in [-0.15, -0.1) is 0 Å². The molecule has 0 unspecified atom stereocenters. The molecule has 17 heavy (non-hydrogen) atoms. The second kappa shape index (κ2) is 5.00. The van der Waals surface area contributed by atoms with Crippen LogP contribution < -0.4 is 4.74 Å². The minimum Gasteiger partial charge on any atom is -0.489 e. The summed E-state index contributed by atoms with van der Waals surface area (Å²) in [6.45, 7) is 4.29. The van der Waals surface area contributed by atoms with Crippen molar-refractivity contribution in [3.05, 3.63) is 65.0 Å². The van der Waals surface area contributed by atoms with Gasteiger partial charge in [-0.1, -0.05) is 24.3 Å². The molecule has 2 aromatic carbocycles. The molecule has 0 atom stereocenters. The maximum absolute atomic E-state index is 13.4. The van der Waals surface area contributed by atoms with Crippen LogP contribution in [0, 0.1) is 19.7 Å². The lowest BCUT2D eigenvalue weighted by molar-refractivity contribution is 0.299. The van der Waals surface area contributed by atoms with E-state index in [1.54, 1.807) is 12.1 Å². The molecule has 2 rings (SSSR count). The molecule has 0 saturated carbocycles. The molecule has 0 radical (unpaired) electrons. The second-order valence-electron chi connectivity index (χ2n) is 4.20. The molecular formula is C15H15FO. The van der Waals surface area contributed by atoms with E-state index in [9.17, 15) is 4.39 Å². The zero-order chi connectivity index (χ0) is 12.3. The minimum absolute atomic E-state index is 0.225. The summed E-state index contributed by atoms with van der Waals surface area (Å²) in [5.41, 5.74) is 2.87. The van der Waals surface area contributed by atoms with Gasteiger partial charge in [0.2, 0.25) is 0 Å². The van der Waals surface area contributed by atoms with Crippen molar-refractivity contribution in [2.24, 2.45) is 0 Å². The smallest absolute Gasteiger partial charge is 0.129 e. The van der Waals surface area contributed by atoms with Crippen molar-refractivity contribution in [1.29, 1.82) is 0 Å². The second-order valence-corrected chi connectivity index (χ2v) is 4.20. The molecule has 0 aliphatic rings. The Bertz CT molecular complexity index is 500. The van der Waals surface area contributed by atoms with Gasteiger partial charge in [-0.05, 0) is 43.2 Å². The topological polar surface area (TPSA) is 9.23 Å². The van der Waals surface area contributed by atoms with Crippen LogP contribution >= 0.6 is 0 Å². The summed E-state index contributed by atoms with van der Waals surface area (Å²) in [7, 11) is 0. The highest BCUT2D eigenvalue weighted by molar-refractivity contribution is 5.33. The van der Waals surface area contributed by atoms with Crippen molar-refractivity contribution < 1.29 is 9.13 Å². The van der Waals surface area contributed by atoms with Crippen LogP contribution in [0.15, 0.2) is 42.5 Å². The first-order chi connectivity index (χ1) is 8.15. The first-order valence-electron chi connectivity index (χ1n) is 5.59. The summed E-state index contributed by atoms with van der Waals surface area (Å²) in [4.78, 5) is 0. The van der Waals surface area contributed by atoms with Gasteiger partial charge >= 0.3 is 0 Å². The largest absolute Gasteiger partial charge is 0.489 e. The van der Waals surface area contributed by atoms with Crippen molar-refractivity contribution in [2.75, 3.05) is 0 Å². The summed E-state index contributed by atoms with van der Waals surface area (Å²) in [5.74, 6) is 0.558. The van der Waals surface area contributed by atoms with Gasteiger partial charge in [0, 0.05) is 5.56 Å². The van der Waals surface area contributed by atoms with Gasteiger partial charge in [0.25, 0.3) is 0 Å². The van der Waals surface area contributed by atoms with E-state index in [1.165, 1.54) is 6.07 Å². The summed E-state index contributed by atoms with van der Waals surface area (Å²) in [6, 6.07) is 12.6. The average Bonchev–Trinajstić information content (AvgIpc) is 2.27. The van der Waals surface area contributed by atoms with Gasteiger partial charge in [-0.25, -0.2) is 4.39 Å². The van der Waals surface area contributed by atoms with Crippen molar-refractivity contribution in [3.8, 4) is 5.75 Å². The Morgan fingerprint density at radius 1 is 1.00 bits per heavy atom. The monoisotopic (exact) mass is 230 g/mol. The number of halogens is 1. The fourth-order valence-corrected chi connectivity index (χ4v) is 1.79. The first kappa shape index (κ1) is 11.6. The standard InChI is InChI=1S/C15H15FO/c1-11-7-12(2)9-14(8-11)17-10-13-5-3-4-6-15(13)16/h3-9H,10H2,1-2H3. The third-order valence-electron chi connectivity index (χ3n) is 2.55. The van der Waals surface area contributed by atoms with Gasteiger partial charge in [-0.2, -0.15) is 0 Å². The Morgan fingerprint density at radius 3 is 2.29 bits per heavy atom. The lowest BCUT2D eigenvalue weighted by atomic mass is 10.1. The zero-order valence-electron chi connectivity index (χ0n) is 10.0. The Labute approximate surface area is 101 Å². The Hall–Kier alpha value is -1.83. The Morgan fingerprint density at radius 2 is 1.65 bits per heavy atom. The maximum Gasteiger partial charge on any atom is 0.129 e. The van der Waals surface area contributed by atoms with Gasteiger partial charge in [0.1, 0.15) is 18.2 Å². The fraction of sp³-hybridized carbons (Fsp3) is 0.200. The summed E-state index contributed by atoms with van der Waals surface area (Å²) in [5, 5.41) is 0. The SMILES string of the molecule is Cc1cc(C)cc(OCc2ccccc2F)c1. The molecule has 0 heterocycles. The van der Waals surface area contributed by atoms with Crippen molar-refractivity contribution in [1.82, 2.24) is 0 Å². The third kappa shape index (κ3) is 3.06. The highest BCUT2D eigenvalue weighted by Crippen LogP contribution is 2.18. The molecule has 0 bridgehead atoms. The molecule has 0 aromatic heterocycles. The first-order valence-corrected chi connectivity index (χ1v) is 5.59. The fourth-order valence-electron chi connectivity index (χ4n) is 1.79. The van der Waals surface area contributed by atoms with Crippen molar-refractivity contribution in [2.45, 2.75) is 20.5 Å². The molecule has 0 aliphatic carbocycles. The van der Waals surface area contributed by atoms with E-state index >= 15 is 0 Å². The predicted molar refractivity (Wildman–Crippen MR) is 66.6 cm³/mol. The molecular weight excluding hydrogens is 215 g/mol. The number of aryl methyl sites for hydroxylation is 2. The number of benzene rings is 2. The van der Waals surface area contributed by atoms with Crippen molar-refractivity contribution >= 4 is 0 Å². The number of hydrogen-bond donors (Lipinski definition) is 0. The predicted octanol–water partition coefficient (Wildman–Crippen LogP) is 4.02. The number of hydrogen-bond acceptors (Lipinski definition) is 1. The highest BCUT2D eigenvalue weighted by Gasteiger charge is 2.02. The maximum atomic E-state index is 13.4. The van der Waals surface area contributed by atoms with Crippen LogP contribution in [0.5, 0.6) is 5.75 Å². The van der Waals surface area contributed by atoms with E-state index in [2.05, 4.69) is 6.07 Å². The normalized spacial score (nSPS) is 10.3. The van der Waals surface area contributed by atoms with Crippen LogP contribution in [0.1, 0.15) is 16.7 Å². The summed E-state index contributed by atoms with van der Waals surface area (Å²) >= 11 is 0. The van der Waals surface area contributed by atoms with Gasteiger partial charge in [-0.3, -0.25) is 0 Å². The molecule has 1 nitrogen and oxygen atoms in total.